The van der Waals surface area contributed by atoms with Crippen molar-refractivity contribution in [2.45, 2.75) is 18.5 Å². The van der Waals surface area contributed by atoms with Crippen LogP contribution in [-0.2, 0) is 0 Å². The van der Waals surface area contributed by atoms with Crippen molar-refractivity contribution in [3.8, 4) is 0 Å². The number of para-hydroxylation sites is 2. The van der Waals surface area contributed by atoms with E-state index in [0.29, 0.717) is 0 Å². The van der Waals surface area contributed by atoms with Gasteiger partial charge in [-0.15, -0.1) is 0 Å². The van der Waals surface area contributed by atoms with Gasteiger partial charge < -0.3 is 9.88 Å². The number of hydrogen-bond acceptors (Lipinski definition) is 2. The standard InChI is InChI=1S/C22H17ClFN3/c23-16-9-5-15(6-10-16)21-13-19(14-7-11-17(24)12-8-14)26-22-25-18-3-1-2-4-20(18)27(21)22/h1-12,19,21H,13H2,(H,25,26). The number of halogens is 2. The third-order valence-corrected chi connectivity index (χ3v) is 5.45. The van der Waals surface area contributed by atoms with Crippen LogP contribution < -0.4 is 5.32 Å². The first-order valence-electron chi connectivity index (χ1n) is 8.93. The Balaban J connectivity index is 1.65. The molecular weight excluding hydrogens is 361 g/mol. The Morgan fingerprint density at radius 3 is 2.41 bits per heavy atom. The third kappa shape index (κ3) is 2.86. The summed E-state index contributed by atoms with van der Waals surface area (Å²) in [6.07, 6.45) is 0.834. The first-order valence-corrected chi connectivity index (χ1v) is 9.31. The Labute approximate surface area is 161 Å². The van der Waals surface area contributed by atoms with Crippen LogP contribution in [0.25, 0.3) is 11.0 Å². The molecule has 1 N–H and O–H groups in total. The highest BCUT2D eigenvalue weighted by Gasteiger charge is 2.30. The maximum Gasteiger partial charge on any atom is 0.204 e. The molecule has 1 aliphatic heterocycles. The van der Waals surface area contributed by atoms with Crippen molar-refractivity contribution >= 4 is 28.6 Å². The van der Waals surface area contributed by atoms with Gasteiger partial charge in [-0.2, -0.15) is 0 Å². The van der Waals surface area contributed by atoms with Gasteiger partial charge in [0.1, 0.15) is 5.82 Å². The van der Waals surface area contributed by atoms with Gasteiger partial charge in [-0.05, 0) is 53.9 Å². The maximum atomic E-state index is 13.4. The Hall–Kier alpha value is -2.85. The predicted molar refractivity (Wildman–Crippen MR) is 107 cm³/mol. The SMILES string of the molecule is Fc1ccc(C2CC(c3ccc(Cl)cc3)n3c(nc4ccccc43)N2)cc1. The highest BCUT2D eigenvalue weighted by atomic mass is 35.5. The lowest BCUT2D eigenvalue weighted by Crippen LogP contribution is -2.27. The highest BCUT2D eigenvalue weighted by molar-refractivity contribution is 6.30. The molecule has 2 atom stereocenters. The average Bonchev–Trinajstić information content (AvgIpc) is 3.07. The Morgan fingerprint density at radius 2 is 1.63 bits per heavy atom. The number of imidazole rings is 1. The Bertz CT molecular complexity index is 1100. The van der Waals surface area contributed by atoms with Crippen molar-refractivity contribution in [2.75, 3.05) is 5.32 Å². The largest absolute Gasteiger partial charge is 0.349 e. The van der Waals surface area contributed by atoms with Gasteiger partial charge in [-0.3, -0.25) is 0 Å². The van der Waals surface area contributed by atoms with Crippen LogP contribution in [0, 0.1) is 5.82 Å². The molecule has 3 aromatic carbocycles. The molecule has 134 valence electrons. The fourth-order valence-corrected chi connectivity index (χ4v) is 4.02. The smallest absolute Gasteiger partial charge is 0.204 e. The first kappa shape index (κ1) is 16.3. The number of anilines is 1. The molecule has 0 radical (unpaired) electrons. The molecular formula is C22H17ClFN3. The molecule has 1 aromatic heterocycles. The van der Waals surface area contributed by atoms with Gasteiger partial charge in [-0.1, -0.05) is 48.0 Å². The summed E-state index contributed by atoms with van der Waals surface area (Å²) in [4.78, 5) is 4.79. The van der Waals surface area contributed by atoms with E-state index < -0.39 is 0 Å². The maximum absolute atomic E-state index is 13.4. The zero-order valence-electron chi connectivity index (χ0n) is 14.4. The molecule has 5 heteroatoms. The zero-order chi connectivity index (χ0) is 18.4. The van der Waals surface area contributed by atoms with Gasteiger partial charge in [0.05, 0.1) is 23.1 Å². The number of fused-ring (bicyclic) bond motifs is 3. The van der Waals surface area contributed by atoms with Gasteiger partial charge in [0.15, 0.2) is 0 Å². The lowest BCUT2D eigenvalue weighted by molar-refractivity contribution is 0.477. The van der Waals surface area contributed by atoms with Crippen LogP contribution in [0.1, 0.15) is 29.6 Å². The highest BCUT2D eigenvalue weighted by Crippen LogP contribution is 2.41. The normalized spacial score (nSPS) is 18.9. The van der Waals surface area contributed by atoms with Gasteiger partial charge in [0.2, 0.25) is 5.95 Å². The van der Waals surface area contributed by atoms with Gasteiger partial charge >= 0.3 is 0 Å². The van der Waals surface area contributed by atoms with Crippen LogP contribution in [0.2, 0.25) is 5.02 Å². The minimum Gasteiger partial charge on any atom is -0.349 e. The summed E-state index contributed by atoms with van der Waals surface area (Å²) < 4.78 is 15.6. The molecule has 0 bridgehead atoms. The van der Waals surface area contributed by atoms with Crippen LogP contribution in [-0.4, -0.2) is 9.55 Å². The predicted octanol–water partition coefficient (Wildman–Crippen LogP) is 5.98. The quantitative estimate of drug-likeness (QED) is 0.466. The van der Waals surface area contributed by atoms with E-state index in [1.165, 1.54) is 17.7 Å². The van der Waals surface area contributed by atoms with Gasteiger partial charge in [0.25, 0.3) is 0 Å². The fraction of sp³-hybridized carbons (Fsp3) is 0.136. The Morgan fingerprint density at radius 1 is 0.926 bits per heavy atom. The molecule has 0 spiro atoms. The number of hydrogen-bond donors (Lipinski definition) is 1. The van der Waals surface area contributed by atoms with E-state index >= 15 is 0 Å². The molecule has 0 saturated carbocycles. The second kappa shape index (κ2) is 6.39. The number of aromatic nitrogens is 2. The Kier molecular flexibility index (Phi) is 3.87. The van der Waals surface area contributed by atoms with E-state index in [4.69, 9.17) is 16.6 Å². The summed E-state index contributed by atoms with van der Waals surface area (Å²) >= 11 is 6.10. The van der Waals surface area contributed by atoms with Crippen LogP contribution in [0.3, 0.4) is 0 Å². The van der Waals surface area contributed by atoms with Crippen molar-refractivity contribution < 1.29 is 4.39 Å². The van der Waals surface area contributed by atoms with Crippen LogP contribution in [0.5, 0.6) is 0 Å². The summed E-state index contributed by atoms with van der Waals surface area (Å²) in [5.74, 6) is 0.604. The van der Waals surface area contributed by atoms with Crippen molar-refractivity contribution in [2.24, 2.45) is 0 Å². The molecule has 0 saturated heterocycles. The van der Waals surface area contributed by atoms with Gasteiger partial charge in [-0.25, -0.2) is 9.37 Å². The van der Waals surface area contributed by atoms with Crippen molar-refractivity contribution in [1.82, 2.24) is 9.55 Å². The van der Waals surface area contributed by atoms with Crippen molar-refractivity contribution in [3.63, 3.8) is 0 Å². The van der Waals surface area contributed by atoms with Crippen LogP contribution in [0.15, 0.2) is 72.8 Å². The average molecular weight is 378 g/mol. The second-order valence-electron chi connectivity index (χ2n) is 6.85. The van der Waals surface area contributed by atoms with E-state index in [1.54, 1.807) is 0 Å². The number of rotatable bonds is 2. The molecule has 2 unspecified atom stereocenters. The molecule has 3 nitrogen and oxygen atoms in total. The topological polar surface area (TPSA) is 29.9 Å². The third-order valence-electron chi connectivity index (χ3n) is 5.20. The molecule has 1 aliphatic rings. The lowest BCUT2D eigenvalue weighted by atomic mass is 9.93. The molecule has 0 fully saturated rings. The summed E-state index contributed by atoms with van der Waals surface area (Å²) in [6, 6.07) is 23.0. The molecule has 5 rings (SSSR count). The minimum absolute atomic E-state index is 0.0515. The molecule has 27 heavy (non-hydrogen) atoms. The summed E-state index contributed by atoms with van der Waals surface area (Å²) in [5, 5.41) is 4.26. The fourth-order valence-electron chi connectivity index (χ4n) is 3.89. The van der Waals surface area contributed by atoms with Crippen molar-refractivity contribution in [3.05, 3.63) is 94.8 Å². The monoisotopic (exact) mass is 377 g/mol. The van der Waals surface area contributed by atoms with E-state index in [9.17, 15) is 4.39 Å². The molecule has 2 heterocycles. The second-order valence-corrected chi connectivity index (χ2v) is 7.28. The summed E-state index contributed by atoms with van der Waals surface area (Å²) in [7, 11) is 0. The number of nitrogens with zero attached hydrogens (tertiary/aromatic N) is 2. The molecule has 0 aliphatic carbocycles. The van der Waals surface area contributed by atoms with E-state index in [2.05, 4.69) is 28.1 Å². The van der Waals surface area contributed by atoms with Crippen LogP contribution in [0.4, 0.5) is 10.3 Å². The lowest BCUT2D eigenvalue weighted by Gasteiger charge is -2.33. The summed E-state index contributed by atoms with van der Waals surface area (Å²) in [6.45, 7) is 0. The van der Waals surface area contributed by atoms with E-state index in [0.717, 1.165) is 34.0 Å². The zero-order valence-corrected chi connectivity index (χ0v) is 15.2. The summed E-state index contributed by atoms with van der Waals surface area (Å²) in [5.41, 5.74) is 4.28. The van der Waals surface area contributed by atoms with E-state index in [1.807, 2.05) is 42.5 Å². The van der Waals surface area contributed by atoms with Crippen molar-refractivity contribution in [1.29, 1.82) is 0 Å². The molecule has 4 aromatic rings. The van der Waals surface area contributed by atoms with Crippen LogP contribution >= 0.6 is 11.6 Å². The first-order chi connectivity index (χ1) is 13.2. The number of nitrogens with one attached hydrogen (secondary N) is 1. The van der Waals surface area contributed by atoms with E-state index in [-0.39, 0.29) is 17.9 Å². The minimum atomic E-state index is -0.226. The van der Waals surface area contributed by atoms with Gasteiger partial charge in [0, 0.05) is 5.02 Å². The molecule has 0 amide bonds. The number of benzene rings is 3.